The number of thiocarbonyl (C=S) groups is 1. The van der Waals surface area contributed by atoms with Gasteiger partial charge >= 0.3 is 5.82 Å². The molecule has 1 aromatic carbocycles. The van der Waals surface area contributed by atoms with Gasteiger partial charge in [-0.2, -0.15) is 4.68 Å². The Balaban J connectivity index is 1.52. The van der Waals surface area contributed by atoms with E-state index in [9.17, 15) is 14.9 Å². The molecule has 0 unspecified atom stereocenters. The molecule has 3 heterocycles. The summed E-state index contributed by atoms with van der Waals surface area (Å²) in [6.45, 7) is 0.200. The van der Waals surface area contributed by atoms with Gasteiger partial charge in [0.1, 0.15) is 28.2 Å². The Morgan fingerprint density at radius 1 is 1.28 bits per heavy atom. The average molecular weight is 474 g/mol. The van der Waals surface area contributed by atoms with Crippen molar-refractivity contribution in [1.82, 2.24) is 15.1 Å². The van der Waals surface area contributed by atoms with Gasteiger partial charge in [0.25, 0.3) is 5.91 Å². The van der Waals surface area contributed by atoms with E-state index in [1.807, 2.05) is 18.2 Å². The minimum atomic E-state index is -0.572. The summed E-state index contributed by atoms with van der Waals surface area (Å²) in [5.41, 5.74) is 0.960. The highest BCUT2D eigenvalue weighted by molar-refractivity contribution is 9.10. The van der Waals surface area contributed by atoms with Crippen molar-refractivity contribution in [2.75, 3.05) is 4.90 Å². The van der Waals surface area contributed by atoms with E-state index in [2.05, 4.69) is 26.3 Å². The van der Waals surface area contributed by atoms with Crippen molar-refractivity contribution < 1.29 is 14.1 Å². The molecule has 9 nitrogen and oxygen atoms in total. The van der Waals surface area contributed by atoms with Crippen LogP contribution in [-0.4, -0.2) is 25.7 Å². The monoisotopic (exact) mass is 473 g/mol. The topological polar surface area (TPSA) is 106 Å². The zero-order chi connectivity index (χ0) is 20.5. The molecule has 11 heteroatoms. The SMILES string of the molecule is O=C1/C(=C\c2ccc(Cn3cc(Br)c([N+](=O)[O-])n3)o2)NC(=S)N1c1ccccc1. The molecule has 1 amide bonds. The van der Waals surface area contributed by atoms with Gasteiger partial charge in [0.15, 0.2) is 5.11 Å². The molecule has 29 heavy (non-hydrogen) atoms. The molecule has 1 N–H and O–H groups in total. The van der Waals surface area contributed by atoms with Crippen LogP contribution in [0.5, 0.6) is 0 Å². The van der Waals surface area contributed by atoms with Crippen molar-refractivity contribution in [1.29, 1.82) is 0 Å². The molecule has 1 saturated heterocycles. The smallest absolute Gasteiger partial charge is 0.404 e. The third-order valence-corrected chi connectivity index (χ3v) is 4.90. The van der Waals surface area contributed by atoms with Crippen molar-refractivity contribution in [3.8, 4) is 0 Å². The molecule has 1 aliphatic rings. The number of hydrogen-bond donors (Lipinski definition) is 1. The van der Waals surface area contributed by atoms with Gasteiger partial charge in [-0.3, -0.25) is 9.69 Å². The van der Waals surface area contributed by atoms with Gasteiger partial charge in [-0.25, -0.2) is 0 Å². The largest absolute Gasteiger partial charge is 0.460 e. The molecule has 4 rings (SSSR count). The molecule has 0 saturated carbocycles. The van der Waals surface area contributed by atoms with Crippen LogP contribution in [0.3, 0.4) is 0 Å². The molecule has 1 aliphatic heterocycles. The Labute approximate surface area is 177 Å². The van der Waals surface area contributed by atoms with E-state index in [-0.39, 0.29) is 33.6 Å². The number of carbonyl (C=O) groups excluding carboxylic acids is 1. The second kappa shape index (κ2) is 7.60. The van der Waals surface area contributed by atoms with Crippen molar-refractivity contribution in [2.45, 2.75) is 6.54 Å². The maximum absolute atomic E-state index is 12.7. The minimum Gasteiger partial charge on any atom is -0.460 e. The zero-order valence-corrected chi connectivity index (χ0v) is 17.0. The molecule has 0 bridgehead atoms. The molecular weight excluding hydrogens is 462 g/mol. The van der Waals surface area contributed by atoms with E-state index < -0.39 is 4.92 Å². The molecule has 0 spiro atoms. The number of halogens is 1. The van der Waals surface area contributed by atoms with E-state index in [1.54, 1.807) is 30.3 Å². The number of rotatable bonds is 5. The fraction of sp³-hybridized carbons (Fsp3) is 0.0556. The third-order valence-electron chi connectivity index (χ3n) is 4.05. The number of anilines is 1. The van der Waals surface area contributed by atoms with Crippen molar-refractivity contribution in [2.24, 2.45) is 0 Å². The number of nitro groups is 1. The number of aromatic nitrogens is 2. The first-order chi connectivity index (χ1) is 13.9. The van der Waals surface area contributed by atoms with Crippen molar-refractivity contribution >= 4 is 56.7 Å². The van der Waals surface area contributed by atoms with Crippen LogP contribution in [0.4, 0.5) is 11.5 Å². The Hall–Kier alpha value is -3.31. The quantitative estimate of drug-likeness (QED) is 0.261. The molecule has 1 fully saturated rings. The lowest BCUT2D eigenvalue weighted by Crippen LogP contribution is -2.30. The summed E-state index contributed by atoms with van der Waals surface area (Å²) in [4.78, 5) is 24.4. The molecule has 2 aromatic heterocycles. The minimum absolute atomic E-state index is 0.200. The summed E-state index contributed by atoms with van der Waals surface area (Å²) in [5, 5.41) is 18.0. The van der Waals surface area contributed by atoms with Gasteiger partial charge in [0.2, 0.25) is 0 Å². The third kappa shape index (κ3) is 3.82. The normalized spacial score (nSPS) is 15.2. The number of hydrogen-bond acceptors (Lipinski definition) is 6. The second-order valence-electron chi connectivity index (χ2n) is 6.02. The van der Waals surface area contributed by atoms with Gasteiger partial charge < -0.3 is 19.8 Å². The Morgan fingerprint density at radius 3 is 2.72 bits per heavy atom. The lowest BCUT2D eigenvalue weighted by Gasteiger charge is -2.13. The fourth-order valence-corrected chi connectivity index (χ4v) is 3.56. The summed E-state index contributed by atoms with van der Waals surface area (Å²) in [6.07, 6.45) is 3.06. The van der Waals surface area contributed by atoms with Gasteiger partial charge in [-0.15, -0.1) is 0 Å². The zero-order valence-electron chi connectivity index (χ0n) is 14.6. The summed E-state index contributed by atoms with van der Waals surface area (Å²) in [5.74, 6) is 0.406. The highest BCUT2D eigenvalue weighted by Gasteiger charge is 2.32. The van der Waals surface area contributed by atoms with Crippen LogP contribution in [0.15, 0.2) is 63.2 Å². The van der Waals surface area contributed by atoms with Crippen LogP contribution in [0.25, 0.3) is 6.08 Å². The van der Waals surface area contributed by atoms with Crippen LogP contribution in [-0.2, 0) is 11.3 Å². The maximum atomic E-state index is 12.7. The Kier molecular flexibility index (Phi) is 4.99. The summed E-state index contributed by atoms with van der Waals surface area (Å²) in [6, 6.07) is 12.5. The molecule has 0 aliphatic carbocycles. The number of furan rings is 1. The molecular formula is C18H12BrN5O4S. The first-order valence-electron chi connectivity index (χ1n) is 8.30. The van der Waals surface area contributed by atoms with E-state index >= 15 is 0 Å². The van der Waals surface area contributed by atoms with Crippen LogP contribution in [0, 0.1) is 10.1 Å². The predicted octanol–water partition coefficient (Wildman–Crippen LogP) is 3.46. The van der Waals surface area contributed by atoms with Crippen LogP contribution in [0.1, 0.15) is 11.5 Å². The van der Waals surface area contributed by atoms with Gasteiger partial charge in [-0.05, 0) is 57.3 Å². The summed E-state index contributed by atoms with van der Waals surface area (Å²) in [7, 11) is 0. The lowest BCUT2D eigenvalue weighted by molar-refractivity contribution is -0.390. The number of nitrogens with zero attached hydrogens (tertiary/aromatic N) is 4. The first-order valence-corrected chi connectivity index (χ1v) is 9.51. The lowest BCUT2D eigenvalue weighted by atomic mass is 10.3. The number of amides is 1. The summed E-state index contributed by atoms with van der Waals surface area (Å²) >= 11 is 8.38. The average Bonchev–Trinajstić information content (AvgIpc) is 3.35. The van der Waals surface area contributed by atoms with Crippen LogP contribution in [0.2, 0.25) is 0 Å². The second-order valence-corrected chi connectivity index (χ2v) is 7.26. The van der Waals surface area contributed by atoms with Gasteiger partial charge in [-0.1, -0.05) is 18.2 Å². The standard InChI is InChI=1S/C18H12BrN5O4S/c19-14-10-22(21-16(14)24(26)27)9-13-7-6-12(28-13)8-15-17(25)23(18(29)20-15)11-4-2-1-3-5-11/h1-8,10H,9H2,(H,20,29)/b15-8+. The van der Waals surface area contributed by atoms with Crippen LogP contribution >= 0.6 is 28.1 Å². The number of nitrogens with one attached hydrogen (secondary N) is 1. The Bertz CT molecular complexity index is 1150. The van der Waals surface area contributed by atoms with Gasteiger partial charge in [0.05, 0.1) is 17.0 Å². The fourth-order valence-electron chi connectivity index (χ4n) is 2.80. The highest BCUT2D eigenvalue weighted by atomic mass is 79.9. The summed E-state index contributed by atoms with van der Waals surface area (Å²) < 4.78 is 7.38. The predicted molar refractivity (Wildman–Crippen MR) is 112 cm³/mol. The maximum Gasteiger partial charge on any atom is 0.404 e. The van der Waals surface area contributed by atoms with E-state index in [0.29, 0.717) is 17.2 Å². The van der Waals surface area contributed by atoms with E-state index in [1.165, 1.54) is 15.8 Å². The molecule has 0 atom stereocenters. The molecule has 146 valence electrons. The van der Waals surface area contributed by atoms with Crippen molar-refractivity contribution in [3.05, 3.63) is 80.5 Å². The molecule has 3 aromatic rings. The van der Waals surface area contributed by atoms with Crippen LogP contribution < -0.4 is 10.2 Å². The molecule has 0 radical (unpaired) electrons. The number of carbonyl (C=O) groups is 1. The van der Waals surface area contributed by atoms with Crippen molar-refractivity contribution in [3.63, 3.8) is 0 Å². The van der Waals surface area contributed by atoms with E-state index in [0.717, 1.165) is 0 Å². The number of benzene rings is 1. The number of para-hydroxylation sites is 1. The Morgan fingerprint density at radius 2 is 2.03 bits per heavy atom. The van der Waals surface area contributed by atoms with E-state index in [4.69, 9.17) is 16.6 Å². The first kappa shape index (κ1) is 19.0. The highest BCUT2D eigenvalue weighted by Crippen LogP contribution is 2.24. The van der Waals surface area contributed by atoms with Gasteiger partial charge in [0, 0.05) is 6.08 Å².